The molecule has 3 saturated heterocycles. The number of sulfone groups is 1. The van der Waals surface area contributed by atoms with Crippen molar-refractivity contribution in [3.8, 4) is 6.07 Å². The third-order valence-corrected chi connectivity index (χ3v) is 10.5. The van der Waals surface area contributed by atoms with Crippen LogP contribution in [-0.2, 0) is 21.7 Å². The molecule has 5 rings (SSSR count). The number of rotatable bonds is 4. The lowest BCUT2D eigenvalue weighted by Crippen LogP contribution is -2.48. The van der Waals surface area contributed by atoms with Crippen molar-refractivity contribution in [1.29, 1.82) is 5.26 Å². The lowest BCUT2D eigenvalue weighted by molar-refractivity contribution is -0.123. The van der Waals surface area contributed by atoms with Gasteiger partial charge in [-0.25, -0.2) is 12.8 Å². The van der Waals surface area contributed by atoms with Crippen LogP contribution in [0, 0.1) is 24.1 Å². The van der Waals surface area contributed by atoms with E-state index in [0.29, 0.717) is 60.1 Å². The topological polar surface area (TPSA) is 107 Å². The minimum absolute atomic E-state index is 0.0161. The summed E-state index contributed by atoms with van der Waals surface area (Å²) in [5.41, 5.74) is 1.05. The van der Waals surface area contributed by atoms with Gasteiger partial charge >= 0.3 is 0 Å². The minimum Gasteiger partial charge on any atom is -0.366 e. The molecular formula is C26H26FN5O4S3. The molecule has 13 heteroatoms. The highest BCUT2D eigenvalue weighted by Gasteiger charge is 2.42. The van der Waals surface area contributed by atoms with Gasteiger partial charge < -0.3 is 9.80 Å². The Morgan fingerprint density at radius 1 is 1.15 bits per heavy atom. The molecule has 1 amide bonds. The van der Waals surface area contributed by atoms with Crippen LogP contribution in [0.15, 0.2) is 34.0 Å². The molecule has 39 heavy (non-hydrogen) atoms. The zero-order valence-corrected chi connectivity index (χ0v) is 23.8. The Morgan fingerprint density at radius 2 is 1.82 bits per heavy atom. The predicted molar refractivity (Wildman–Crippen MR) is 154 cm³/mol. The number of pyridine rings is 1. The Morgan fingerprint density at radius 3 is 2.44 bits per heavy atom. The van der Waals surface area contributed by atoms with E-state index in [-0.39, 0.29) is 33.1 Å². The molecule has 0 spiro atoms. The molecule has 1 aromatic heterocycles. The van der Waals surface area contributed by atoms with E-state index in [9.17, 15) is 27.7 Å². The maximum absolute atomic E-state index is 14.4. The first-order valence-electron chi connectivity index (χ1n) is 12.4. The third kappa shape index (κ3) is 4.97. The molecule has 0 bridgehead atoms. The van der Waals surface area contributed by atoms with Gasteiger partial charge in [0.2, 0.25) is 0 Å². The summed E-state index contributed by atoms with van der Waals surface area (Å²) in [5.74, 6) is -0.234. The second-order valence-corrected chi connectivity index (χ2v) is 13.7. The van der Waals surface area contributed by atoms with Crippen LogP contribution in [0.25, 0.3) is 6.08 Å². The van der Waals surface area contributed by atoms with E-state index >= 15 is 0 Å². The highest BCUT2D eigenvalue weighted by atomic mass is 32.2. The molecule has 4 heterocycles. The SMILES string of the molecule is Cc1c(/C=C2/SC(=S)N(C3CCS(=O)(=O)C3)C2=O)c(N2CCN(c3ccccc3F)CC2)n(C)c(=O)c1C#N. The monoisotopic (exact) mass is 587 g/mol. The van der Waals surface area contributed by atoms with Crippen molar-refractivity contribution >= 4 is 61.6 Å². The molecule has 3 aliphatic heterocycles. The highest BCUT2D eigenvalue weighted by Crippen LogP contribution is 2.38. The average Bonchev–Trinajstić information content (AvgIpc) is 3.40. The van der Waals surface area contributed by atoms with Gasteiger partial charge in [0.15, 0.2) is 9.84 Å². The molecule has 3 aliphatic rings. The zero-order valence-electron chi connectivity index (χ0n) is 21.4. The van der Waals surface area contributed by atoms with Crippen molar-refractivity contribution in [1.82, 2.24) is 9.47 Å². The van der Waals surface area contributed by atoms with Crippen molar-refractivity contribution < 1.29 is 17.6 Å². The molecule has 1 unspecified atom stereocenters. The number of carbonyl (C=O) groups excluding carboxylic acids is 1. The standard InChI is InChI=1S/C26H26FN5O4S3/c1-16-18(13-22-25(34)32(26(37)38-22)17-7-12-39(35,36)15-17)23(29(2)24(33)19(16)14-28)31-10-8-30(9-11-31)21-6-4-3-5-20(21)27/h3-6,13,17H,7-12,15H2,1-2H3/b22-13+. The summed E-state index contributed by atoms with van der Waals surface area (Å²) in [6.45, 7) is 3.65. The van der Waals surface area contributed by atoms with Gasteiger partial charge in [-0.05, 0) is 37.1 Å². The first-order valence-corrected chi connectivity index (χ1v) is 15.4. The molecule has 9 nitrogen and oxygen atoms in total. The van der Waals surface area contributed by atoms with Crippen molar-refractivity contribution in [2.24, 2.45) is 7.05 Å². The van der Waals surface area contributed by atoms with Gasteiger partial charge in [0.1, 0.15) is 27.6 Å². The number of piperazine rings is 1. The lowest BCUT2D eigenvalue weighted by Gasteiger charge is -2.38. The van der Waals surface area contributed by atoms with Crippen LogP contribution < -0.4 is 15.4 Å². The Bertz CT molecular complexity index is 1620. The van der Waals surface area contributed by atoms with E-state index in [0.717, 1.165) is 11.8 Å². The Balaban J connectivity index is 1.51. The third-order valence-electron chi connectivity index (χ3n) is 7.41. The number of benzene rings is 1. The lowest BCUT2D eigenvalue weighted by atomic mass is 10.0. The Labute approximate surface area is 235 Å². The van der Waals surface area contributed by atoms with Crippen LogP contribution in [0.5, 0.6) is 0 Å². The first-order chi connectivity index (χ1) is 18.5. The van der Waals surface area contributed by atoms with E-state index in [1.54, 1.807) is 38.2 Å². The number of hydrogen-bond donors (Lipinski definition) is 0. The van der Waals surface area contributed by atoms with Crippen LogP contribution in [0.4, 0.5) is 15.9 Å². The number of carbonyl (C=O) groups is 1. The van der Waals surface area contributed by atoms with Crippen LogP contribution in [0.1, 0.15) is 23.1 Å². The highest BCUT2D eigenvalue weighted by molar-refractivity contribution is 8.26. The second kappa shape index (κ2) is 10.4. The van der Waals surface area contributed by atoms with Gasteiger partial charge in [0.05, 0.1) is 28.1 Å². The van der Waals surface area contributed by atoms with Gasteiger partial charge in [-0.3, -0.25) is 19.1 Å². The fourth-order valence-corrected chi connectivity index (χ4v) is 8.45. The smallest absolute Gasteiger partial charge is 0.270 e. The normalized spacial score (nSPS) is 22.2. The molecule has 2 aromatic rings. The number of halogens is 1. The van der Waals surface area contributed by atoms with E-state index in [1.807, 2.05) is 15.9 Å². The number of nitriles is 1. The van der Waals surface area contributed by atoms with Crippen LogP contribution in [-0.4, -0.2) is 71.8 Å². The van der Waals surface area contributed by atoms with E-state index in [4.69, 9.17) is 12.2 Å². The maximum atomic E-state index is 14.4. The molecular weight excluding hydrogens is 562 g/mol. The van der Waals surface area contributed by atoms with Gasteiger partial charge in [0.25, 0.3) is 11.5 Å². The summed E-state index contributed by atoms with van der Waals surface area (Å²) in [7, 11) is -1.63. The number of para-hydroxylation sites is 1. The van der Waals surface area contributed by atoms with E-state index < -0.39 is 21.4 Å². The Kier molecular flexibility index (Phi) is 7.30. The fraction of sp³-hybridized carbons (Fsp3) is 0.385. The summed E-state index contributed by atoms with van der Waals surface area (Å²) < 4.78 is 40.1. The largest absolute Gasteiger partial charge is 0.366 e. The van der Waals surface area contributed by atoms with Crippen LogP contribution >= 0.6 is 24.0 Å². The number of hydrogen-bond acceptors (Lipinski definition) is 9. The van der Waals surface area contributed by atoms with Crippen molar-refractivity contribution in [2.45, 2.75) is 19.4 Å². The zero-order chi connectivity index (χ0) is 28.1. The number of aromatic nitrogens is 1. The van der Waals surface area contributed by atoms with Gasteiger partial charge in [0, 0.05) is 38.8 Å². The van der Waals surface area contributed by atoms with Gasteiger partial charge in [-0.15, -0.1) is 0 Å². The molecule has 0 radical (unpaired) electrons. The summed E-state index contributed by atoms with van der Waals surface area (Å²) in [6.07, 6.45) is 1.98. The quantitative estimate of drug-likeness (QED) is 0.394. The number of amides is 1. The second-order valence-electron chi connectivity index (χ2n) is 9.75. The first kappa shape index (κ1) is 27.4. The van der Waals surface area contributed by atoms with E-state index in [1.165, 1.54) is 15.5 Å². The van der Waals surface area contributed by atoms with E-state index in [2.05, 4.69) is 0 Å². The van der Waals surface area contributed by atoms with Crippen LogP contribution in [0.2, 0.25) is 0 Å². The summed E-state index contributed by atoms with van der Waals surface area (Å²) in [6, 6.07) is 8.07. The van der Waals surface area contributed by atoms with Crippen LogP contribution in [0.3, 0.4) is 0 Å². The Hall–Kier alpha value is -3.21. The molecule has 0 saturated carbocycles. The molecule has 3 fully saturated rings. The fourth-order valence-electron chi connectivity index (χ4n) is 5.37. The number of nitrogens with zero attached hydrogens (tertiary/aromatic N) is 5. The molecule has 0 N–H and O–H groups in total. The average molecular weight is 588 g/mol. The number of thiocarbonyl (C=S) groups is 1. The predicted octanol–water partition coefficient (Wildman–Crippen LogP) is 2.42. The molecule has 1 atom stereocenters. The van der Waals surface area contributed by atoms with Crippen molar-refractivity contribution in [3.63, 3.8) is 0 Å². The van der Waals surface area contributed by atoms with Gasteiger partial charge in [-0.2, -0.15) is 5.26 Å². The number of anilines is 2. The molecule has 1 aromatic carbocycles. The maximum Gasteiger partial charge on any atom is 0.270 e. The number of thioether (sulfide) groups is 1. The van der Waals surface area contributed by atoms with Crippen molar-refractivity contribution in [3.05, 3.63) is 62.0 Å². The van der Waals surface area contributed by atoms with Crippen molar-refractivity contribution in [2.75, 3.05) is 47.5 Å². The summed E-state index contributed by atoms with van der Waals surface area (Å²) in [4.78, 5) is 32.1. The summed E-state index contributed by atoms with van der Waals surface area (Å²) in [5, 5.41) is 9.73. The molecule has 0 aliphatic carbocycles. The van der Waals surface area contributed by atoms with Gasteiger partial charge in [-0.1, -0.05) is 36.1 Å². The molecule has 204 valence electrons. The summed E-state index contributed by atoms with van der Waals surface area (Å²) >= 11 is 6.54. The minimum atomic E-state index is -3.22.